The number of anilines is 2. The topological polar surface area (TPSA) is 84.2 Å². The lowest BCUT2D eigenvalue weighted by Crippen LogP contribution is -2.19. The first kappa shape index (κ1) is 14.5. The summed E-state index contributed by atoms with van der Waals surface area (Å²) in [6, 6.07) is 11.7. The molecule has 0 saturated carbocycles. The van der Waals surface area contributed by atoms with E-state index in [0.29, 0.717) is 16.9 Å². The minimum absolute atomic E-state index is 0.0607. The van der Waals surface area contributed by atoms with Gasteiger partial charge in [0.15, 0.2) is 0 Å². The molecular weight excluding hydrogens is 273 g/mol. The molecule has 21 heavy (non-hydrogen) atoms. The number of carbonyl (C=O) groups excluding carboxylic acids is 2. The van der Waals surface area contributed by atoms with Crippen LogP contribution in [0.3, 0.4) is 0 Å². The molecule has 0 aliphatic rings. The van der Waals surface area contributed by atoms with E-state index < -0.39 is 6.03 Å². The molecule has 0 bridgehead atoms. The fourth-order valence-electron chi connectivity index (χ4n) is 1.85. The Hall–Kier alpha value is -2.89. The number of amides is 3. The number of urea groups is 1. The molecule has 4 N–H and O–H groups in total. The molecule has 2 rings (SSSR count). The van der Waals surface area contributed by atoms with Crippen LogP contribution >= 0.6 is 0 Å². The Morgan fingerprint density at radius 2 is 1.67 bits per heavy atom. The van der Waals surface area contributed by atoms with E-state index in [9.17, 15) is 14.0 Å². The van der Waals surface area contributed by atoms with Crippen LogP contribution in [0.15, 0.2) is 48.5 Å². The van der Waals surface area contributed by atoms with Crippen LogP contribution in [0.1, 0.15) is 5.56 Å². The summed E-state index contributed by atoms with van der Waals surface area (Å²) in [5.74, 6) is -0.662. The zero-order valence-corrected chi connectivity index (χ0v) is 11.1. The first-order chi connectivity index (χ1) is 10.0. The molecule has 6 heteroatoms. The quantitative estimate of drug-likeness (QED) is 0.807. The Kier molecular flexibility index (Phi) is 4.50. The number of primary amides is 1. The van der Waals surface area contributed by atoms with Crippen LogP contribution in [0.4, 0.5) is 20.6 Å². The number of hydrogen-bond donors (Lipinski definition) is 3. The Labute approximate surface area is 121 Å². The van der Waals surface area contributed by atoms with Crippen LogP contribution in [0, 0.1) is 5.82 Å². The van der Waals surface area contributed by atoms with Crippen molar-refractivity contribution in [3.05, 3.63) is 59.9 Å². The molecule has 108 valence electrons. The van der Waals surface area contributed by atoms with Crippen molar-refractivity contribution in [2.45, 2.75) is 6.42 Å². The first-order valence-corrected chi connectivity index (χ1v) is 6.24. The third kappa shape index (κ3) is 4.61. The third-order valence-corrected chi connectivity index (χ3v) is 2.67. The van der Waals surface area contributed by atoms with E-state index in [2.05, 4.69) is 10.6 Å². The van der Waals surface area contributed by atoms with Gasteiger partial charge in [-0.1, -0.05) is 18.2 Å². The van der Waals surface area contributed by atoms with Crippen molar-refractivity contribution in [3.8, 4) is 0 Å². The summed E-state index contributed by atoms with van der Waals surface area (Å²) < 4.78 is 13.0. The largest absolute Gasteiger partial charge is 0.351 e. The molecule has 0 heterocycles. The molecule has 0 radical (unpaired) electrons. The molecule has 0 spiro atoms. The number of nitrogens with one attached hydrogen (secondary N) is 2. The summed E-state index contributed by atoms with van der Waals surface area (Å²) >= 11 is 0. The predicted molar refractivity (Wildman–Crippen MR) is 78.4 cm³/mol. The minimum Gasteiger partial charge on any atom is -0.351 e. The normalized spacial score (nSPS) is 9.95. The molecule has 0 saturated heterocycles. The van der Waals surface area contributed by atoms with Gasteiger partial charge in [-0.3, -0.25) is 4.79 Å². The van der Waals surface area contributed by atoms with Crippen molar-refractivity contribution >= 4 is 23.3 Å². The highest BCUT2D eigenvalue weighted by Crippen LogP contribution is 2.15. The molecule has 0 atom stereocenters. The highest BCUT2D eigenvalue weighted by Gasteiger charge is 2.06. The van der Waals surface area contributed by atoms with Gasteiger partial charge in [-0.25, -0.2) is 9.18 Å². The average Bonchev–Trinajstić information content (AvgIpc) is 2.37. The Bertz CT molecular complexity index is 673. The fraction of sp³-hybridized carbons (Fsp3) is 0.0667. The molecular formula is C15H14FN3O2. The average molecular weight is 287 g/mol. The van der Waals surface area contributed by atoms with Crippen LogP contribution < -0.4 is 16.4 Å². The maximum absolute atomic E-state index is 13.0. The summed E-state index contributed by atoms with van der Waals surface area (Å²) in [6.45, 7) is 0. The highest BCUT2D eigenvalue weighted by atomic mass is 19.1. The predicted octanol–water partition coefficient (Wildman–Crippen LogP) is 2.50. The Morgan fingerprint density at radius 3 is 2.33 bits per heavy atom. The molecule has 2 aromatic carbocycles. The van der Waals surface area contributed by atoms with Crippen molar-refractivity contribution in [1.82, 2.24) is 0 Å². The van der Waals surface area contributed by atoms with E-state index >= 15 is 0 Å². The van der Waals surface area contributed by atoms with Gasteiger partial charge in [-0.15, -0.1) is 0 Å². The standard InChI is InChI=1S/C15H14FN3O2/c16-11-4-1-3-10(7-11)8-14(20)18-12-5-2-6-13(9-12)19-15(17)21/h1-7,9H,8H2,(H,18,20)(H3,17,19,21). The van der Waals surface area contributed by atoms with Crippen LogP contribution in [0.5, 0.6) is 0 Å². The maximum atomic E-state index is 13.0. The lowest BCUT2D eigenvalue weighted by molar-refractivity contribution is -0.115. The summed E-state index contributed by atoms with van der Waals surface area (Å²) in [7, 11) is 0. The van der Waals surface area contributed by atoms with Crippen molar-refractivity contribution < 1.29 is 14.0 Å². The van der Waals surface area contributed by atoms with E-state index in [1.807, 2.05) is 0 Å². The Morgan fingerprint density at radius 1 is 1.00 bits per heavy atom. The number of carbonyl (C=O) groups is 2. The van der Waals surface area contributed by atoms with E-state index in [1.165, 1.54) is 12.1 Å². The van der Waals surface area contributed by atoms with Crippen molar-refractivity contribution in [2.75, 3.05) is 10.6 Å². The molecule has 0 fully saturated rings. The van der Waals surface area contributed by atoms with Crippen LogP contribution in [-0.2, 0) is 11.2 Å². The first-order valence-electron chi connectivity index (χ1n) is 6.24. The second-order valence-corrected chi connectivity index (χ2v) is 4.42. The maximum Gasteiger partial charge on any atom is 0.316 e. The van der Waals surface area contributed by atoms with E-state index in [-0.39, 0.29) is 18.1 Å². The van der Waals surface area contributed by atoms with E-state index in [0.717, 1.165) is 0 Å². The second-order valence-electron chi connectivity index (χ2n) is 4.42. The third-order valence-electron chi connectivity index (χ3n) is 2.67. The van der Waals surface area contributed by atoms with Gasteiger partial charge in [-0.05, 0) is 35.9 Å². The van der Waals surface area contributed by atoms with Gasteiger partial charge in [0.05, 0.1) is 6.42 Å². The number of benzene rings is 2. The smallest absolute Gasteiger partial charge is 0.316 e. The number of hydrogen-bond acceptors (Lipinski definition) is 2. The summed E-state index contributed by atoms with van der Waals surface area (Å²) in [6.07, 6.45) is 0.0607. The van der Waals surface area contributed by atoms with Gasteiger partial charge in [-0.2, -0.15) is 0 Å². The van der Waals surface area contributed by atoms with Crippen LogP contribution in [0.25, 0.3) is 0 Å². The molecule has 5 nitrogen and oxygen atoms in total. The van der Waals surface area contributed by atoms with Gasteiger partial charge >= 0.3 is 6.03 Å². The van der Waals surface area contributed by atoms with Crippen LogP contribution in [-0.4, -0.2) is 11.9 Å². The van der Waals surface area contributed by atoms with Gasteiger partial charge in [0, 0.05) is 11.4 Å². The van der Waals surface area contributed by atoms with Crippen molar-refractivity contribution in [3.63, 3.8) is 0 Å². The minimum atomic E-state index is -0.682. The number of rotatable bonds is 4. The van der Waals surface area contributed by atoms with Gasteiger partial charge in [0.1, 0.15) is 5.82 Å². The molecule has 0 aliphatic carbocycles. The zero-order chi connectivity index (χ0) is 15.2. The van der Waals surface area contributed by atoms with E-state index in [4.69, 9.17) is 5.73 Å². The Balaban J connectivity index is 2.01. The summed E-state index contributed by atoms with van der Waals surface area (Å²) in [5, 5.41) is 5.08. The van der Waals surface area contributed by atoms with Crippen molar-refractivity contribution in [2.24, 2.45) is 5.73 Å². The molecule has 3 amide bonds. The zero-order valence-electron chi connectivity index (χ0n) is 11.1. The van der Waals surface area contributed by atoms with E-state index in [1.54, 1.807) is 36.4 Å². The lowest BCUT2D eigenvalue weighted by Gasteiger charge is -2.08. The monoisotopic (exact) mass is 287 g/mol. The molecule has 0 aliphatic heterocycles. The lowest BCUT2D eigenvalue weighted by atomic mass is 10.1. The van der Waals surface area contributed by atoms with Gasteiger partial charge < -0.3 is 16.4 Å². The number of nitrogens with two attached hydrogens (primary N) is 1. The molecule has 2 aromatic rings. The van der Waals surface area contributed by atoms with Crippen LogP contribution in [0.2, 0.25) is 0 Å². The molecule has 0 unspecified atom stereocenters. The molecule has 0 aromatic heterocycles. The summed E-state index contributed by atoms with van der Waals surface area (Å²) in [4.78, 5) is 22.6. The number of halogens is 1. The van der Waals surface area contributed by atoms with Gasteiger partial charge in [0.2, 0.25) is 5.91 Å². The van der Waals surface area contributed by atoms with Gasteiger partial charge in [0.25, 0.3) is 0 Å². The fourth-order valence-corrected chi connectivity index (χ4v) is 1.85. The second kappa shape index (κ2) is 6.51. The highest BCUT2D eigenvalue weighted by molar-refractivity contribution is 5.94. The summed E-state index contributed by atoms with van der Waals surface area (Å²) in [5.41, 5.74) is 6.60. The van der Waals surface area contributed by atoms with Crippen molar-refractivity contribution in [1.29, 1.82) is 0 Å². The SMILES string of the molecule is NC(=O)Nc1cccc(NC(=O)Cc2cccc(F)c2)c1.